The van der Waals surface area contributed by atoms with Crippen molar-refractivity contribution in [3.05, 3.63) is 0 Å². The van der Waals surface area contributed by atoms with Gasteiger partial charge in [0.1, 0.15) is 0 Å². The minimum absolute atomic E-state index is 0.0905. The maximum atomic E-state index is 11.2. The smallest absolute Gasteiger partial charge is 0.236 e. The molecule has 1 amide bonds. The second kappa shape index (κ2) is 4.58. The predicted molar refractivity (Wildman–Crippen MR) is 50.1 cm³/mol. The number of rotatable bonds is 2. The first-order valence-electron chi connectivity index (χ1n) is 4.85. The second-order valence-electron chi connectivity index (χ2n) is 3.76. The molecule has 4 N–H and O–H groups in total. The van der Waals surface area contributed by atoms with Crippen molar-refractivity contribution < 1.29 is 9.90 Å². The number of carbonyl (C=O) groups is 1. The fourth-order valence-electron chi connectivity index (χ4n) is 1.59. The molecule has 13 heavy (non-hydrogen) atoms. The largest absolute Gasteiger partial charge is 0.391 e. The van der Waals surface area contributed by atoms with Crippen LogP contribution in [0.25, 0.3) is 0 Å². The monoisotopic (exact) mass is 186 g/mol. The number of hydrogen-bond acceptors (Lipinski definition) is 3. The van der Waals surface area contributed by atoms with E-state index in [0.29, 0.717) is 0 Å². The van der Waals surface area contributed by atoms with Crippen LogP contribution in [0.1, 0.15) is 32.6 Å². The van der Waals surface area contributed by atoms with Gasteiger partial charge >= 0.3 is 0 Å². The maximum Gasteiger partial charge on any atom is 0.236 e. The third-order valence-electron chi connectivity index (χ3n) is 2.47. The molecule has 0 aromatic heterocycles. The molecule has 76 valence electrons. The van der Waals surface area contributed by atoms with Crippen molar-refractivity contribution in [2.75, 3.05) is 0 Å². The van der Waals surface area contributed by atoms with Crippen LogP contribution in [0.5, 0.6) is 0 Å². The molecular weight excluding hydrogens is 168 g/mol. The standard InChI is InChI=1S/C9H18N2O2/c1-6(10)9(13)11-7-4-2-3-5-8(7)12/h6-8,12H,2-5,10H2,1H3,(H,11,13)/t6?,7-,8-/m1/s1. The average molecular weight is 186 g/mol. The molecule has 1 unspecified atom stereocenters. The van der Waals surface area contributed by atoms with Crippen molar-refractivity contribution in [2.24, 2.45) is 5.73 Å². The van der Waals surface area contributed by atoms with Gasteiger partial charge in [0.05, 0.1) is 18.2 Å². The fraction of sp³-hybridized carbons (Fsp3) is 0.889. The molecule has 0 aliphatic heterocycles. The first-order valence-corrected chi connectivity index (χ1v) is 4.85. The van der Waals surface area contributed by atoms with Gasteiger partial charge in [-0.15, -0.1) is 0 Å². The molecule has 1 aliphatic carbocycles. The van der Waals surface area contributed by atoms with Crippen molar-refractivity contribution in [3.63, 3.8) is 0 Å². The van der Waals surface area contributed by atoms with Gasteiger partial charge in [-0.3, -0.25) is 4.79 Å². The van der Waals surface area contributed by atoms with Gasteiger partial charge in [-0.1, -0.05) is 12.8 Å². The summed E-state index contributed by atoms with van der Waals surface area (Å²) in [4.78, 5) is 11.2. The first kappa shape index (κ1) is 10.5. The van der Waals surface area contributed by atoms with E-state index in [-0.39, 0.29) is 11.9 Å². The van der Waals surface area contributed by atoms with Crippen LogP contribution in [0.2, 0.25) is 0 Å². The van der Waals surface area contributed by atoms with E-state index in [1.165, 1.54) is 0 Å². The molecule has 4 nitrogen and oxygen atoms in total. The Kier molecular flexibility index (Phi) is 3.69. The van der Waals surface area contributed by atoms with Gasteiger partial charge in [-0.2, -0.15) is 0 Å². The maximum absolute atomic E-state index is 11.2. The van der Waals surface area contributed by atoms with Gasteiger partial charge in [0, 0.05) is 0 Å². The predicted octanol–water partition coefficient (Wildman–Crippen LogP) is -0.247. The summed E-state index contributed by atoms with van der Waals surface area (Å²) in [5.41, 5.74) is 5.40. The SMILES string of the molecule is CC(N)C(=O)N[C@@H]1CCCC[C@H]1O. The van der Waals surface area contributed by atoms with Gasteiger partial charge in [0.2, 0.25) is 5.91 Å². The Morgan fingerprint density at radius 3 is 2.69 bits per heavy atom. The normalized spacial score (nSPS) is 31.0. The van der Waals surface area contributed by atoms with Crippen molar-refractivity contribution >= 4 is 5.91 Å². The highest BCUT2D eigenvalue weighted by atomic mass is 16.3. The Balaban J connectivity index is 2.38. The van der Waals surface area contributed by atoms with Gasteiger partial charge in [0.15, 0.2) is 0 Å². The molecular formula is C9H18N2O2. The zero-order chi connectivity index (χ0) is 9.84. The van der Waals surface area contributed by atoms with E-state index < -0.39 is 12.1 Å². The number of carbonyl (C=O) groups excluding carboxylic acids is 1. The first-order chi connectivity index (χ1) is 6.11. The van der Waals surface area contributed by atoms with E-state index >= 15 is 0 Å². The molecule has 1 saturated carbocycles. The number of aliphatic hydroxyl groups is 1. The van der Waals surface area contributed by atoms with E-state index in [4.69, 9.17) is 5.73 Å². The molecule has 1 rings (SSSR count). The van der Waals surface area contributed by atoms with Gasteiger partial charge in [-0.05, 0) is 19.8 Å². The molecule has 1 fully saturated rings. The van der Waals surface area contributed by atoms with Crippen molar-refractivity contribution in [1.29, 1.82) is 0 Å². The van der Waals surface area contributed by atoms with E-state index in [1.54, 1.807) is 6.92 Å². The number of nitrogens with one attached hydrogen (secondary N) is 1. The molecule has 0 radical (unpaired) electrons. The highest BCUT2D eigenvalue weighted by molar-refractivity contribution is 5.81. The van der Waals surface area contributed by atoms with E-state index in [0.717, 1.165) is 25.7 Å². The highest BCUT2D eigenvalue weighted by Gasteiger charge is 2.24. The molecule has 0 spiro atoms. The van der Waals surface area contributed by atoms with Crippen LogP contribution in [-0.4, -0.2) is 29.2 Å². The van der Waals surface area contributed by atoms with Crippen LogP contribution in [0, 0.1) is 0 Å². The summed E-state index contributed by atoms with van der Waals surface area (Å²) >= 11 is 0. The third-order valence-corrected chi connectivity index (χ3v) is 2.47. The summed E-state index contributed by atoms with van der Waals surface area (Å²) in [6, 6.07) is -0.582. The summed E-state index contributed by atoms with van der Waals surface area (Å²) in [5.74, 6) is -0.175. The van der Waals surface area contributed by atoms with Gasteiger partial charge < -0.3 is 16.2 Å². The molecule has 0 aromatic carbocycles. The minimum atomic E-state index is -0.492. The number of amides is 1. The van der Waals surface area contributed by atoms with Crippen LogP contribution >= 0.6 is 0 Å². The lowest BCUT2D eigenvalue weighted by Crippen LogP contribution is -2.49. The summed E-state index contributed by atoms with van der Waals surface area (Å²) in [6.07, 6.45) is 3.37. The molecule has 0 bridgehead atoms. The molecule has 0 aromatic rings. The van der Waals surface area contributed by atoms with E-state index in [2.05, 4.69) is 5.32 Å². The second-order valence-corrected chi connectivity index (χ2v) is 3.76. The van der Waals surface area contributed by atoms with Crippen molar-refractivity contribution in [3.8, 4) is 0 Å². The van der Waals surface area contributed by atoms with Crippen LogP contribution in [-0.2, 0) is 4.79 Å². The summed E-state index contributed by atoms with van der Waals surface area (Å²) in [7, 11) is 0. The van der Waals surface area contributed by atoms with Crippen molar-refractivity contribution in [1.82, 2.24) is 5.32 Å². The van der Waals surface area contributed by atoms with Crippen LogP contribution in [0.3, 0.4) is 0 Å². The fourth-order valence-corrected chi connectivity index (χ4v) is 1.59. The Bertz CT molecular complexity index is 182. The lowest BCUT2D eigenvalue weighted by molar-refractivity contribution is -0.123. The molecule has 4 heteroatoms. The molecule has 3 atom stereocenters. The number of aliphatic hydroxyl groups excluding tert-OH is 1. The lowest BCUT2D eigenvalue weighted by atomic mass is 9.92. The number of hydrogen-bond donors (Lipinski definition) is 3. The van der Waals surface area contributed by atoms with Crippen LogP contribution in [0.4, 0.5) is 0 Å². The van der Waals surface area contributed by atoms with Crippen LogP contribution < -0.4 is 11.1 Å². The topological polar surface area (TPSA) is 75.4 Å². The van der Waals surface area contributed by atoms with E-state index in [1.807, 2.05) is 0 Å². The summed E-state index contributed by atoms with van der Waals surface area (Å²) < 4.78 is 0. The van der Waals surface area contributed by atoms with Crippen molar-refractivity contribution in [2.45, 2.75) is 50.8 Å². The quantitative estimate of drug-likeness (QED) is 0.557. The molecule has 1 aliphatic rings. The Hall–Kier alpha value is -0.610. The third kappa shape index (κ3) is 2.97. The van der Waals surface area contributed by atoms with Gasteiger partial charge in [0.25, 0.3) is 0 Å². The number of nitrogens with two attached hydrogens (primary N) is 1. The Morgan fingerprint density at radius 1 is 1.54 bits per heavy atom. The Labute approximate surface area is 78.5 Å². The summed E-state index contributed by atoms with van der Waals surface area (Å²) in [5, 5.41) is 12.3. The Morgan fingerprint density at radius 2 is 2.15 bits per heavy atom. The average Bonchev–Trinajstić information content (AvgIpc) is 2.08. The zero-order valence-corrected chi connectivity index (χ0v) is 7.99. The lowest BCUT2D eigenvalue weighted by Gasteiger charge is -2.28. The van der Waals surface area contributed by atoms with Crippen LogP contribution in [0.15, 0.2) is 0 Å². The minimum Gasteiger partial charge on any atom is -0.391 e. The molecule has 0 heterocycles. The highest BCUT2D eigenvalue weighted by Crippen LogP contribution is 2.18. The molecule has 0 saturated heterocycles. The van der Waals surface area contributed by atoms with Gasteiger partial charge in [-0.25, -0.2) is 0 Å². The zero-order valence-electron chi connectivity index (χ0n) is 7.99. The van der Waals surface area contributed by atoms with E-state index in [9.17, 15) is 9.90 Å². The summed E-state index contributed by atoms with van der Waals surface area (Å²) in [6.45, 7) is 1.64.